The van der Waals surface area contributed by atoms with E-state index < -0.39 is 24.5 Å². The Bertz CT molecular complexity index is 1220. The molecule has 1 amide bonds. The molecule has 0 saturated heterocycles. The number of carboxylic acids is 2. The average Bonchev–Trinajstić information content (AvgIpc) is 3.14. The first-order valence-electron chi connectivity index (χ1n) is 11.8. The summed E-state index contributed by atoms with van der Waals surface area (Å²) in [4.78, 5) is 37.6. The van der Waals surface area contributed by atoms with E-state index in [0.29, 0.717) is 39.0 Å². The van der Waals surface area contributed by atoms with Gasteiger partial charge in [0.15, 0.2) is 6.10 Å². The summed E-state index contributed by atoms with van der Waals surface area (Å²) < 4.78 is 0. The van der Waals surface area contributed by atoms with Crippen molar-refractivity contribution in [1.82, 2.24) is 15.2 Å². The zero-order valence-corrected chi connectivity index (χ0v) is 23.2. The second-order valence-electron chi connectivity index (χ2n) is 8.17. The number of nitrogens with one attached hydrogen (secondary N) is 2. The summed E-state index contributed by atoms with van der Waals surface area (Å²) in [5.74, 6) is -2.97. The summed E-state index contributed by atoms with van der Waals surface area (Å²) in [5, 5.41) is 37.5. The highest BCUT2D eigenvalue weighted by atomic mass is 35.5. The van der Waals surface area contributed by atoms with E-state index in [1.807, 2.05) is 13.8 Å². The number of aryl methyl sites for hydroxylation is 1. The Kier molecular flexibility index (Phi) is 13.6. The summed E-state index contributed by atoms with van der Waals surface area (Å²) in [7, 11) is 0. The minimum atomic E-state index is -1.79. The number of amides is 1. The van der Waals surface area contributed by atoms with Crippen molar-refractivity contribution in [3.63, 3.8) is 0 Å². The van der Waals surface area contributed by atoms with Crippen LogP contribution in [0.2, 0.25) is 10.0 Å². The van der Waals surface area contributed by atoms with Gasteiger partial charge in [0, 0.05) is 30.0 Å². The average molecular weight is 567 g/mol. The topological polar surface area (TPSA) is 167 Å². The standard InChI is InChI=1S/C22H26Cl2N4O.C4H6O5/c1-5-28(6-2)11-10-26-22(29)20-14(3)19(27-15(20)4)12-16(13-25)17-8-7-9-18(23)21(17)24;5-2(4(8)9)1-3(6)7/h7-9,12,27H,5-6,10-11H2,1-4H3,(H,26,29);2,5H,1H2,(H,6,7)(H,8,9)/b16-12+;/t;2-/m.0/s1. The number of aromatic nitrogens is 1. The van der Waals surface area contributed by atoms with Gasteiger partial charge in [-0.3, -0.25) is 9.59 Å². The van der Waals surface area contributed by atoms with Gasteiger partial charge in [-0.15, -0.1) is 0 Å². The molecule has 38 heavy (non-hydrogen) atoms. The van der Waals surface area contributed by atoms with Crippen LogP contribution in [-0.2, 0) is 9.59 Å². The Balaban J connectivity index is 0.000000686. The van der Waals surface area contributed by atoms with Crippen LogP contribution in [0.4, 0.5) is 0 Å². The lowest BCUT2D eigenvalue weighted by atomic mass is 10.0. The fraction of sp³-hybridized carbons (Fsp3) is 0.385. The van der Waals surface area contributed by atoms with Crippen molar-refractivity contribution < 1.29 is 29.7 Å². The van der Waals surface area contributed by atoms with Crippen molar-refractivity contribution in [2.24, 2.45) is 0 Å². The number of aliphatic hydroxyl groups excluding tert-OH is 1. The molecular weight excluding hydrogens is 535 g/mol. The van der Waals surface area contributed by atoms with E-state index in [9.17, 15) is 19.6 Å². The predicted molar refractivity (Wildman–Crippen MR) is 146 cm³/mol. The maximum Gasteiger partial charge on any atom is 0.333 e. The van der Waals surface area contributed by atoms with E-state index in [1.54, 1.807) is 24.3 Å². The van der Waals surface area contributed by atoms with Gasteiger partial charge in [-0.1, -0.05) is 49.2 Å². The fourth-order valence-electron chi connectivity index (χ4n) is 3.49. The molecule has 1 aromatic carbocycles. The monoisotopic (exact) mass is 566 g/mol. The predicted octanol–water partition coefficient (Wildman–Crippen LogP) is 3.98. The Morgan fingerprint density at radius 2 is 1.82 bits per heavy atom. The summed E-state index contributed by atoms with van der Waals surface area (Å²) in [6.07, 6.45) is -0.843. The number of benzene rings is 1. The molecule has 5 N–H and O–H groups in total. The summed E-state index contributed by atoms with van der Waals surface area (Å²) >= 11 is 12.3. The molecular formula is C26H32Cl2N4O6. The number of carbonyl (C=O) groups excluding carboxylic acids is 1. The zero-order valence-electron chi connectivity index (χ0n) is 21.6. The number of aliphatic carboxylic acids is 2. The highest BCUT2D eigenvalue weighted by Gasteiger charge is 2.19. The molecule has 0 saturated carbocycles. The van der Waals surface area contributed by atoms with Gasteiger partial charge < -0.3 is 30.5 Å². The molecule has 0 spiro atoms. The van der Waals surface area contributed by atoms with Crippen molar-refractivity contribution in [3.05, 3.63) is 56.3 Å². The van der Waals surface area contributed by atoms with E-state index in [0.717, 1.165) is 30.9 Å². The molecule has 2 rings (SSSR count). The molecule has 0 aliphatic rings. The van der Waals surface area contributed by atoms with Crippen molar-refractivity contribution in [3.8, 4) is 6.07 Å². The molecule has 0 fully saturated rings. The molecule has 0 unspecified atom stereocenters. The SMILES string of the molecule is CCN(CC)CCNC(=O)c1c(C)[nH]c(/C=C(\C#N)c2cccc(Cl)c2Cl)c1C.O=C(O)C[C@H](O)C(=O)O. The third-order valence-electron chi connectivity index (χ3n) is 5.62. The van der Waals surface area contributed by atoms with Crippen LogP contribution < -0.4 is 5.32 Å². The molecule has 2 aromatic rings. The van der Waals surface area contributed by atoms with Gasteiger partial charge in [0.05, 0.1) is 33.7 Å². The number of carbonyl (C=O) groups is 3. The van der Waals surface area contributed by atoms with Crippen LogP contribution in [0.1, 0.15) is 53.1 Å². The summed E-state index contributed by atoms with van der Waals surface area (Å²) in [6.45, 7) is 11.2. The third kappa shape index (κ3) is 9.50. The van der Waals surface area contributed by atoms with Gasteiger partial charge in [-0.2, -0.15) is 5.26 Å². The lowest BCUT2D eigenvalue weighted by molar-refractivity contribution is -0.152. The number of likely N-dealkylation sites (N-methyl/N-ethyl adjacent to an activating group) is 1. The van der Waals surface area contributed by atoms with Crippen LogP contribution in [-0.4, -0.2) is 75.3 Å². The lowest BCUT2D eigenvalue weighted by Crippen LogP contribution is -2.35. The van der Waals surface area contributed by atoms with E-state index in [2.05, 4.69) is 35.1 Å². The summed E-state index contributed by atoms with van der Waals surface area (Å²) in [6, 6.07) is 7.34. The number of carboxylic acid groups (broad SMARTS) is 2. The molecule has 206 valence electrons. The molecule has 12 heteroatoms. The Morgan fingerprint density at radius 3 is 2.32 bits per heavy atom. The highest BCUT2D eigenvalue weighted by molar-refractivity contribution is 6.43. The smallest absolute Gasteiger partial charge is 0.333 e. The minimum Gasteiger partial charge on any atom is -0.481 e. The molecule has 0 aliphatic heterocycles. The van der Waals surface area contributed by atoms with E-state index in [-0.39, 0.29) is 5.91 Å². The van der Waals surface area contributed by atoms with Gasteiger partial charge in [0.1, 0.15) is 0 Å². The number of aliphatic hydroxyl groups is 1. The van der Waals surface area contributed by atoms with Crippen LogP contribution >= 0.6 is 23.2 Å². The van der Waals surface area contributed by atoms with Gasteiger partial charge in [-0.25, -0.2) is 4.79 Å². The molecule has 0 aliphatic carbocycles. The van der Waals surface area contributed by atoms with E-state index in [1.165, 1.54) is 0 Å². The number of nitriles is 1. The normalized spacial score (nSPS) is 11.8. The van der Waals surface area contributed by atoms with Crippen LogP contribution in [0.25, 0.3) is 11.6 Å². The lowest BCUT2D eigenvalue weighted by Gasteiger charge is -2.18. The molecule has 1 atom stereocenters. The van der Waals surface area contributed by atoms with E-state index in [4.69, 9.17) is 38.5 Å². The third-order valence-corrected chi connectivity index (χ3v) is 6.43. The number of H-pyrrole nitrogens is 1. The van der Waals surface area contributed by atoms with Gasteiger partial charge in [-0.05, 0) is 44.6 Å². The van der Waals surface area contributed by atoms with Crippen LogP contribution in [0.5, 0.6) is 0 Å². The van der Waals surface area contributed by atoms with Crippen molar-refractivity contribution in [2.45, 2.75) is 40.2 Å². The molecule has 10 nitrogen and oxygen atoms in total. The first-order valence-corrected chi connectivity index (χ1v) is 12.5. The fourth-order valence-corrected chi connectivity index (χ4v) is 3.90. The largest absolute Gasteiger partial charge is 0.481 e. The number of hydrogen-bond donors (Lipinski definition) is 5. The maximum absolute atomic E-state index is 12.7. The first-order chi connectivity index (χ1) is 17.9. The van der Waals surface area contributed by atoms with Crippen LogP contribution in [0.3, 0.4) is 0 Å². The van der Waals surface area contributed by atoms with E-state index >= 15 is 0 Å². The summed E-state index contributed by atoms with van der Waals surface area (Å²) in [5.41, 5.74) is 3.76. The highest BCUT2D eigenvalue weighted by Crippen LogP contribution is 2.32. The second-order valence-corrected chi connectivity index (χ2v) is 8.95. The quantitative estimate of drug-likeness (QED) is 0.254. The molecule has 1 heterocycles. The maximum atomic E-state index is 12.7. The number of nitrogens with zero attached hydrogens (tertiary/aromatic N) is 2. The van der Waals surface area contributed by atoms with Gasteiger partial charge in [0.2, 0.25) is 0 Å². The molecule has 0 bridgehead atoms. The van der Waals surface area contributed by atoms with Gasteiger partial charge in [0.25, 0.3) is 5.91 Å². The van der Waals surface area contributed by atoms with Crippen LogP contribution in [0, 0.1) is 25.2 Å². The Labute approximate surface area is 231 Å². The number of rotatable bonds is 11. The van der Waals surface area contributed by atoms with Crippen LogP contribution in [0.15, 0.2) is 18.2 Å². The number of halogens is 2. The first kappa shape index (κ1) is 32.7. The van der Waals surface area contributed by atoms with Crippen molar-refractivity contribution in [1.29, 1.82) is 5.26 Å². The number of hydrogen-bond acceptors (Lipinski definition) is 6. The molecule has 1 aromatic heterocycles. The molecule has 0 radical (unpaired) electrons. The zero-order chi connectivity index (χ0) is 29.0. The Hall–Kier alpha value is -3.36. The number of aromatic amines is 1. The second kappa shape index (κ2) is 15.8. The van der Waals surface area contributed by atoms with Crippen molar-refractivity contribution in [2.75, 3.05) is 26.2 Å². The van der Waals surface area contributed by atoms with Gasteiger partial charge >= 0.3 is 11.9 Å². The number of allylic oxidation sites excluding steroid dienone is 1. The van der Waals surface area contributed by atoms with Crippen molar-refractivity contribution >= 4 is 52.7 Å². The minimum absolute atomic E-state index is 0.123. The Morgan fingerprint density at radius 1 is 1.18 bits per heavy atom.